The molecule has 4 nitrogen and oxygen atoms in total. The van der Waals surface area contributed by atoms with Crippen molar-refractivity contribution in [1.29, 1.82) is 0 Å². The normalized spacial score (nSPS) is 19.4. The van der Waals surface area contributed by atoms with Crippen molar-refractivity contribution < 1.29 is 22.5 Å². The lowest BCUT2D eigenvalue weighted by atomic mass is 9.82. The third kappa shape index (κ3) is 3.46. The molecule has 8 heteroatoms. The molecular weight excluding hydrogens is 332 g/mol. The van der Waals surface area contributed by atoms with Gasteiger partial charge in [0.1, 0.15) is 0 Å². The minimum absolute atomic E-state index is 0.0230. The molecule has 1 aromatic carbocycles. The van der Waals surface area contributed by atoms with E-state index < -0.39 is 30.1 Å². The lowest BCUT2D eigenvalue weighted by molar-refractivity contribution is -0.138. The largest absolute Gasteiger partial charge is 0.498 e. The molecule has 0 unspecified atom stereocenters. The minimum atomic E-state index is -4.39. The number of benzene rings is 1. The van der Waals surface area contributed by atoms with Crippen molar-refractivity contribution in [2.75, 3.05) is 0 Å². The summed E-state index contributed by atoms with van der Waals surface area (Å²) in [4.78, 5) is 0. The second kappa shape index (κ2) is 5.88. The van der Waals surface area contributed by atoms with Gasteiger partial charge >= 0.3 is 13.3 Å². The van der Waals surface area contributed by atoms with Crippen LogP contribution in [0.2, 0.25) is 0 Å². The molecule has 1 aromatic heterocycles. The molecule has 2 heterocycles. The summed E-state index contributed by atoms with van der Waals surface area (Å²) in [5.41, 5.74) is -0.768. The molecule has 134 valence electrons. The van der Waals surface area contributed by atoms with Crippen LogP contribution in [0.3, 0.4) is 0 Å². The average molecular weight is 352 g/mol. The molecule has 3 rings (SSSR count). The highest BCUT2D eigenvalue weighted by Crippen LogP contribution is 2.36. The summed E-state index contributed by atoms with van der Waals surface area (Å²) >= 11 is 0. The number of halogens is 3. The molecule has 25 heavy (non-hydrogen) atoms. The molecule has 1 aliphatic rings. The van der Waals surface area contributed by atoms with Crippen LogP contribution in [0.25, 0.3) is 0 Å². The van der Waals surface area contributed by atoms with Crippen molar-refractivity contribution in [3.8, 4) is 0 Å². The predicted octanol–water partition coefficient (Wildman–Crippen LogP) is 3.25. The second-order valence-electron chi connectivity index (χ2n) is 7.21. The zero-order valence-electron chi connectivity index (χ0n) is 14.6. The van der Waals surface area contributed by atoms with Crippen molar-refractivity contribution in [2.24, 2.45) is 0 Å². The first kappa shape index (κ1) is 18.0. The predicted molar refractivity (Wildman–Crippen MR) is 88.5 cm³/mol. The summed E-state index contributed by atoms with van der Waals surface area (Å²) in [6, 6.07) is 5.50. The average Bonchev–Trinajstić information content (AvgIpc) is 3.01. The number of aromatic nitrogens is 2. The van der Waals surface area contributed by atoms with Crippen LogP contribution in [-0.2, 0) is 22.0 Å². The van der Waals surface area contributed by atoms with Gasteiger partial charge in [-0.15, -0.1) is 0 Å². The van der Waals surface area contributed by atoms with E-state index >= 15 is 0 Å². The van der Waals surface area contributed by atoms with E-state index in [-0.39, 0.29) is 12.1 Å². The molecule has 0 amide bonds. The van der Waals surface area contributed by atoms with Gasteiger partial charge in [-0.3, -0.25) is 4.68 Å². The van der Waals surface area contributed by atoms with E-state index in [9.17, 15) is 13.2 Å². The van der Waals surface area contributed by atoms with Gasteiger partial charge < -0.3 is 9.31 Å². The Morgan fingerprint density at radius 3 is 2.28 bits per heavy atom. The summed E-state index contributed by atoms with van der Waals surface area (Å²) in [5, 5.41) is 4.16. The number of hydrogen-bond acceptors (Lipinski definition) is 3. The fourth-order valence-electron chi connectivity index (χ4n) is 2.68. The van der Waals surface area contributed by atoms with Crippen molar-refractivity contribution in [2.45, 2.75) is 51.6 Å². The van der Waals surface area contributed by atoms with Gasteiger partial charge in [0.2, 0.25) is 0 Å². The van der Waals surface area contributed by atoms with Gasteiger partial charge in [-0.25, -0.2) is 0 Å². The first-order valence-electron chi connectivity index (χ1n) is 8.03. The van der Waals surface area contributed by atoms with E-state index in [1.165, 1.54) is 16.8 Å². The van der Waals surface area contributed by atoms with Crippen molar-refractivity contribution in [1.82, 2.24) is 9.78 Å². The van der Waals surface area contributed by atoms with Gasteiger partial charge in [0, 0.05) is 17.9 Å². The number of alkyl halides is 3. The van der Waals surface area contributed by atoms with Gasteiger partial charge in [0.25, 0.3) is 0 Å². The Morgan fingerprint density at radius 1 is 1.08 bits per heavy atom. The lowest BCUT2D eigenvalue weighted by Gasteiger charge is -2.32. The Morgan fingerprint density at radius 2 is 1.68 bits per heavy atom. The summed E-state index contributed by atoms with van der Waals surface area (Å²) in [6.45, 7) is 7.79. The Balaban J connectivity index is 1.80. The number of rotatable bonds is 3. The number of nitrogens with zero attached hydrogens (tertiary/aromatic N) is 2. The molecule has 0 spiro atoms. The van der Waals surface area contributed by atoms with E-state index in [1.807, 2.05) is 27.7 Å². The van der Waals surface area contributed by atoms with Gasteiger partial charge in [-0.2, -0.15) is 18.3 Å². The third-order valence-corrected chi connectivity index (χ3v) is 4.83. The van der Waals surface area contributed by atoms with Crippen LogP contribution in [-0.4, -0.2) is 28.1 Å². The summed E-state index contributed by atoms with van der Waals surface area (Å²) in [7, 11) is -0.586. The highest BCUT2D eigenvalue weighted by Gasteiger charge is 2.52. The first-order chi connectivity index (χ1) is 11.5. The quantitative estimate of drug-likeness (QED) is 0.796. The molecule has 1 fully saturated rings. The summed E-state index contributed by atoms with van der Waals surface area (Å²) in [6.07, 6.45) is -1.16. The Kier molecular flexibility index (Phi) is 4.24. The van der Waals surface area contributed by atoms with Crippen LogP contribution in [0.15, 0.2) is 36.7 Å². The SMILES string of the molecule is CC1(C)OB(c2cnn(Cc3ccccc3C(F)(F)F)c2)OC1(C)C. The maximum atomic E-state index is 13.1. The molecule has 0 radical (unpaired) electrons. The Hall–Kier alpha value is -1.80. The molecular formula is C17H20BF3N2O2. The Bertz CT molecular complexity index is 755. The van der Waals surface area contributed by atoms with E-state index in [2.05, 4.69) is 5.10 Å². The van der Waals surface area contributed by atoms with E-state index in [0.29, 0.717) is 5.46 Å². The van der Waals surface area contributed by atoms with Crippen LogP contribution in [0, 0.1) is 0 Å². The molecule has 0 aliphatic carbocycles. The van der Waals surface area contributed by atoms with E-state index in [4.69, 9.17) is 9.31 Å². The first-order valence-corrected chi connectivity index (χ1v) is 8.03. The fourth-order valence-corrected chi connectivity index (χ4v) is 2.68. The van der Waals surface area contributed by atoms with Crippen LogP contribution >= 0.6 is 0 Å². The van der Waals surface area contributed by atoms with E-state index in [0.717, 1.165) is 6.07 Å². The maximum Gasteiger partial charge on any atom is 0.498 e. The van der Waals surface area contributed by atoms with Crippen LogP contribution in [0.5, 0.6) is 0 Å². The molecule has 1 saturated heterocycles. The van der Waals surface area contributed by atoms with Gasteiger partial charge in [0.15, 0.2) is 0 Å². The second-order valence-corrected chi connectivity index (χ2v) is 7.21. The number of hydrogen-bond donors (Lipinski definition) is 0. The zero-order chi connectivity index (χ0) is 18.5. The topological polar surface area (TPSA) is 36.3 Å². The molecule has 2 aromatic rings. The molecule has 0 saturated carbocycles. The molecule has 0 N–H and O–H groups in total. The minimum Gasteiger partial charge on any atom is -0.399 e. The zero-order valence-corrected chi connectivity index (χ0v) is 14.6. The van der Waals surface area contributed by atoms with Crippen molar-refractivity contribution >= 4 is 12.6 Å². The van der Waals surface area contributed by atoms with Gasteiger partial charge in [-0.05, 0) is 39.3 Å². The highest BCUT2D eigenvalue weighted by atomic mass is 19.4. The fraction of sp³-hybridized carbons (Fsp3) is 0.471. The lowest BCUT2D eigenvalue weighted by Crippen LogP contribution is -2.41. The van der Waals surface area contributed by atoms with Crippen LogP contribution < -0.4 is 5.46 Å². The maximum absolute atomic E-state index is 13.1. The smallest absolute Gasteiger partial charge is 0.399 e. The molecule has 0 bridgehead atoms. The monoisotopic (exact) mass is 352 g/mol. The van der Waals surface area contributed by atoms with Gasteiger partial charge in [-0.1, -0.05) is 18.2 Å². The highest BCUT2D eigenvalue weighted by molar-refractivity contribution is 6.61. The molecule has 1 aliphatic heterocycles. The van der Waals surface area contributed by atoms with E-state index in [1.54, 1.807) is 18.5 Å². The van der Waals surface area contributed by atoms with Gasteiger partial charge in [0.05, 0.1) is 23.3 Å². The third-order valence-electron chi connectivity index (χ3n) is 4.83. The van der Waals surface area contributed by atoms with Crippen LogP contribution in [0.1, 0.15) is 38.8 Å². The van der Waals surface area contributed by atoms with Crippen molar-refractivity contribution in [3.63, 3.8) is 0 Å². The standard InChI is InChI=1S/C17H20BF3N2O2/c1-15(2)16(3,4)25-18(24-15)13-9-22-23(11-13)10-12-7-5-6-8-14(12)17(19,20)21/h5-9,11H,10H2,1-4H3. The summed E-state index contributed by atoms with van der Waals surface area (Å²) < 4.78 is 52.6. The Labute approximate surface area is 145 Å². The molecule has 0 atom stereocenters. The van der Waals surface area contributed by atoms with Crippen LogP contribution in [0.4, 0.5) is 13.2 Å². The van der Waals surface area contributed by atoms with Crippen molar-refractivity contribution in [3.05, 3.63) is 47.8 Å². The summed E-state index contributed by atoms with van der Waals surface area (Å²) in [5.74, 6) is 0.